The fourth-order valence-electron chi connectivity index (χ4n) is 1.87. The van der Waals surface area contributed by atoms with Crippen LogP contribution in [-0.4, -0.2) is 23.8 Å². The summed E-state index contributed by atoms with van der Waals surface area (Å²) in [7, 11) is 0. The molecular weight excluding hydrogens is 304 g/mol. The summed E-state index contributed by atoms with van der Waals surface area (Å²) in [5.74, 6) is -10.3. The largest absolute Gasteiger partial charge is 0.461 e. The minimum atomic E-state index is -6.11. The Morgan fingerprint density at radius 3 is 2.29 bits per heavy atom. The zero-order chi connectivity index (χ0) is 16.0. The summed E-state index contributed by atoms with van der Waals surface area (Å²) in [4.78, 5) is 22.4. The molecule has 21 heavy (non-hydrogen) atoms. The molecule has 1 heterocycles. The normalized spacial score (nSPS) is 15.4. The summed E-state index contributed by atoms with van der Waals surface area (Å²) in [6.45, 7) is 0. The molecule has 0 bridgehead atoms. The Hall–Kier alpha value is -2.06. The predicted molar refractivity (Wildman–Crippen MR) is 58.7 cm³/mol. The lowest BCUT2D eigenvalue weighted by atomic mass is 9.96. The Balaban J connectivity index is 2.46. The number of alkyl halides is 5. The third-order valence-corrected chi connectivity index (χ3v) is 2.97. The van der Waals surface area contributed by atoms with Crippen LogP contribution in [-0.2, 0) is 11.2 Å². The molecule has 0 atom stereocenters. The van der Waals surface area contributed by atoms with Crippen LogP contribution in [0.4, 0.5) is 32.0 Å². The Kier molecular flexibility index (Phi) is 3.46. The first kappa shape index (κ1) is 15.3. The molecule has 0 fully saturated rings. The van der Waals surface area contributed by atoms with Gasteiger partial charge in [-0.1, -0.05) is 0 Å². The molecule has 1 amide bonds. The van der Waals surface area contributed by atoms with Crippen molar-refractivity contribution in [1.82, 2.24) is 0 Å². The van der Waals surface area contributed by atoms with Crippen molar-refractivity contribution >= 4 is 17.4 Å². The van der Waals surface area contributed by atoms with Crippen molar-refractivity contribution in [3.05, 3.63) is 29.1 Å². The molecule has 0 radical (unpaired) electrons. The molecule has 0 aliphatic carbocycles. The molecule has 0 saturated carbocycles. The number of nitrogens with one attached hydrogen (secondary N) is 1. The van der Waals surface area contributed by atoms with Gasteiger partial charge < -0.3 is 5.32 Å². The summed E-state index contributed by atoms with van der Waals surface area (Å²) < 4.78 is 76.0. The number of amides is 1. The van der Waals surface area contributed by atoms with Crippen molar-refractivity contribution in [2.24, 2.45) is 0 Å². The van der Waals surface area contributed by atoms with Gasteiger partial charge in [0.1, 0.15) is 5.82 Å². The molecule has 9 heteroatoms. The zero-order valence-electron chi connectivity index (χ0n) is 10.2. The van der Waals surface area contributed by atoms with Gasteiger partial charge in [0.15, 0.2) is 0 Å². The van der Waals surface area contributed by atoms with E-state index in [0.29, 0.717) is 12.1 Å². The molecule has 1 aliphatic heterocycles. The predicted octanol–water partition coefficient (Wildman–Crippen LogP) is 3.09. The third-order valence-electron chi connectivity index (χ3n) is 2.97. The van der Waals surface area contributed by atoms with Crippen LogP contribution in [0, 0.1) is 5.82 Å². The fraction of sp³-hybridized carbons (Fsp3) is 0.333. The van der Waals surface area contributed by atoms with Gasteiger partial charge in [-0.3, -0.25) is 9.59 Å². The number of aryl methyl sites for hydroxylation is 1. The van der Waals surface area contributed by atoms with Gasteiger partial charge in [-0.15, -0.1) is 0 Å². The molecule has 0 spiro atoms. The molecule has 2 rings (SSSR count). The van der Waals surface area contributed by atoms with E-state index in [2.05, 4.69) is 5.32 Å². The van der Waals surface area contributed by atoms with E-state index in [9.17, 15) is 35.9 Å². The molecule has 0 aromatic heterocycles. The maximum absolute atomic E-state index is 13.6. The Morgan fingerprint density at radius 1 is 1.10 bits per heavy atom. The van der Waals surface area contributed by atoms with Gasteiger partial charge in [-0.2, -0.15) is 22.0 Å². The number of benzene rings is 1. The Bertz CT molecular complexity index is 623. The second kappa shape index (κ2) is 4.74. The van der Waals surface area contributed by atoms with Crippen molar-refractivity contribution in [1.29, 1.82) is 0 Å². The first-order chi connectivity index (χ1) is 9.54. The van der Waals surface area contributed by atoms with Crippen LogP contribution in [0.25, 0.3) is 0 Å². The van der Waals surface area contributed by atoms with Crippen molar-refractivity contribution in [2.75, 3.05) is 5.32 Å². The summed E-state index contributed by atoms with van der Waals surface area (Å²) in [5.41, 5.74) is -1.28. The van der Waals surface area contributed by atoms with Gasteiger partial charge in [0.25, 0.3) is 0 Å². The number of ketones is 1. The summed E-state index contributed by atoms with van der Waals surface area (Å²) in [6, 6.07) is 1.18. The van der Waals surface area contributed by atoms with E-state index < -0.39 is 35.2 Å². The number of halogens is 6. The highest BCUT2D eigenvalue weighted by atomic mass is 19.4. The van der Waals surface area contributed by atoms with E-state index >= 15 is 0 Å². The molecule has 1 aliphatic rings. The molecular formula is C12H7F6NO2. The van der Waals surface area contributed by atoms with Crippen LogP contribution in [0.15, 0.2) is 12.1 Å². The average Bonchev–Trinajstić information content (AvgIpc) is 2.35. The smallest absolute Gasteiger partial charge is 0.326 e. The molecule has 3 nitrogen and oxygen atoms in total. The zero-order valence-corrected chi connectivity index (χ0v) is 10.2. The summed E-state index contributed by atoms with van der Waals surface area (Å²) in [6.07, 6.45) is -6.14. The number of carbonyl (C=O) groups excluding carboxylic acids is 2. The van der Waals surface area contributed by atoms with Crippen molar-refractivity contribution < 1.29 is 35.9 Å². The molecule has 114 valence electrons. The quantitative estimate of drug-likeness (QED) is 0.674. The van der Waals surface area contributed by atoms with E-state index in [1.54, 1.807) is 0 Å². The molecule has 1 aromatic carbocycles. The van der Waals surface area contributed by atoms with Gasteiger partial charge in [0.05, 0.1) is 5.56 Å². The molecule has 0 unspecified atom stereocenters. The van der Waals surface area contributed by atoms with Crippen molar-refractivity contribution in [3.63, 3.8) is 0 Å². The lowest BCUT2D eigenvalue weighted by Gasteiger charge is -2.21. The summed E-state index contributed by atoms with van der Waals surface area (Å²) >= 11 is 0. The third kappa shape index (κ3) is 2.59. The van der Waals surface area contributed by atoms with E-state index in [1.165, 1.54) is 0 Å². The van der Waals surface area contributed by atoms with Gasteiger partial charge in [-0.05, 0) is 24.1 Å². The number of hydrogen-bond donors (Lipinski definition) is 1. The van der Waals surface area contributed by atoms with Crippen LogP contribution in [0.1, 0.15) is 22.3 Å². The van der Waals surface area contributed by atoms with Gasteiger partial charge in [-0.25, -0.2) is 4.39 Å². The highest BCUT2D eigenvalue weighted by Crippen LogP contribution is 2.39. The molecule has 0 saturated heterocycles. The van der Waals surface area contributed by atoms with Gasteiger partial charge in [0, 0.05) is 12.1 Å². The minimum Gasteiger partial charge on any atom is -0.326 e. The van der Waals surface area contributed by atoms with E-state index in [4.69, 9.17) is 0 Å². The number of fused-ring (bicyclic) bond motifs is 1. The van der Waals surface area contributed by atoms with Crippen LogP contribution < -0.4 is 5.32 Å². The van der Waals surface area contributed by atoms with Crippen molar-refractivity contribution in [2.45, 2.75) is 24.9 Å². The van der Waals surface area contributed by atoms with Gasteiger partial charge >= 0.3 is 12.1 Å². The number of anilines is 1. The highest BCUT2D eigenvalue weighted by Gasteiger charge is 2.63. The van der Waals surface area contributed by atoms with Crippen LogP contribution in [0.3, 0.4) is 0 Å². The van der Waals surface area contributed by atoms with E-state index in [0.717, 1.165) is 0 Å². The lowest BCUT2D eigenvalue weighted by Crippen LogP contribution is -2.44. The fourth-order valence-corrected chi connectivity index (χ4v) is 1.87. The lowest BCUT2D eigenvalue weighted by molar-refractivity contribution is -0.255. The number of Topliss-reactive ketones (excluding diaryl/α,β-unsaturated/α-hetero) is 1. The van der Waals surface area contributed by atoms with E-state index in [1.807, 2.05) is 0 Å². The minimum absolute atomic E-state index is 0.0132. The van der Waals surface area contributed by atoms with Gasteiger partial charge in [0.2, 0.25) is 11.7 Å². The molecule has 1 N–H and O–H groups in total. The first-order valence-electron chi connectivity index (χ1n) is 5.65. The maximum atomic E-state index is 13.6. The number of carbonyl (C=O) groups is 2. The van der Waals surface area contributed by atoms with Crippen molar-refractivity contribution in [3.8, 4) is 0 Å². The van der Waals surface area contributed by atoms with E-state index in [-0.39, 0.29) is 24.1 Å². The van der Waals surface area contributed by atoms with Crippen LogP contribution in [0.2, 0.25) is 0 Å². The second-order valence-electron chi connectivity index (χ2n) is 4.44. The van der Waals surface area contributed by atoms with Crippen LogP contribution in [0.5, 0.6) is 0 Å². The van der Waals surface area contributed by atoms with Crippen LogP contribution >= 0.6 is 0 Å². The Morgan fingerprint density at radius 2 is 1.71 bits per heavy atom. The number of rotatable bonds is 2. The highest BCUT2D eigenvalue weighted by molar-refractivity contribution is 6.03. The second-order valence-corrected chi connectivity index (χ2v) is 4.44. The summed E-state index contributed by atoms with van der Waals surface area (Å²) in [5, 5.41) is 2.24. The SMILES string of the molecule is O=C1CCc2cc(C(=O)C(F)(F)C(F)(F)F)c(F)cc2N1. The Labute approximate surface area is 113 Å². The maximum Gasteiger partial charge on any atom is 0.461 e. The molecule has 1 aromatic rings. The topological polar surface area (TPSA) is 46.2 Å². The average molecular weight is 311 g/mol. The number of hydrogen-bond acceptors (Lipinski definition) is 2. The monoisotopic (exact) mass is 311 g/mol. The standard InChI is InChI=1S/C12H7F6NO2/c13-7-4-8-5(1-2-9(20)19-8)3-6(7)10(21)11(14,15)12(16,17)18/h3-4H,1-2H2,(H,19,20). The first-order valence-corrected chi connectivity index (χ1v) is 5.65.